The molecule has 2 aromatic carbocycles. The number of nitrogens with one attached hydrogen (secondary N) is 1. The normalized spacial score (nSPS) is 10.9. The fraction of sp³-hybridized carbons (Fsp3) is 0.100. The van der Waals surface area contributed by atoms with E-state index in [9.17, 15) is 4.79 Å². The number of amides is 1. The van der Waals surface area contributed by atoms with Gasteiger partial charge in [0.2, 0.25) is 11.1 Å². The Bertz CT molecular complexity index is 1130. The molecular weight excluding hydrogens is 394 g/mol. The van der Waals surface area contributed by atoms with Gasteiger partial charge >= 0.3 is 0 Å². The smallest absolute Gasteiger partial charge is 0.234 e. The predicted octanol–water partition coefficient (Wildman–Crippen LogP) is 4.48. The second-order valence-electron chi connectivity index (χ2n) is 6.18. The molecule has 0 fully saturated rings. The van der Waals surface area contributed by atoms with E-state index in [0.29, 0.717) is 15.8 Å². The lowest BCUT2D eigenvalue weighted by atomic mass is 10.1. The highest BCUT2D eigenvalue weighted by Gasteiger charge is 2.12. The third-order valence-electron chi connectivity index (χ3n) is 4.04. The van der Waals surface area contributed by atoms with Crippen molar-refractivity contribution in [3.8, 4) is 11.3 Å². The molecule has 0 aliphatic heterocycles. The summed E-state index contributed by atoms with van der Waals surface area (Å²) in [5, 5.41) is 17.0. The van der Waals surface area contributed by atoms with E-state index in [1.54, 1.807) is 4.52 Å². The van der Waals surface area contributed by atoms with Crippen LogP contribution < -0.4 is 5.32 Å². The van der Waals surface area contributed by atoms with Crippen molar-refractivity contribution in [1.82, 2.24) is 19.8 Å². The third-order valence-corrected chi connectivity index (χ3v) is 5.21. The van der Waals surface area contributed by atoms with Gasteiger partial charge in [-0.1, -0.05) is 53.2 Å². The minimum atomic E-state index is -0.112. The largest absolute Gasteiger partial charge is 0.325 e. The molecule has 1 amide bonds. The topological polar surface area (TPSA) is 72.2 Å². The standard InChI is InChI=1S/C20H16ClN5OS/c1-13-2-8-16(9-3-13)22-19(27)12-28-20-24-23-18-11-10-17(25-26(18)20)14-4-6-15(21)7-5-14/h2-11H,12H2,1H3,(H,22,27). The van der Waals surface area contributed by atoms with Gasteiger partial charge in [-0.3, -0.25) is 4.79 Å². The first-order chi connectivity index (χ1) is 13.6. The van der Waals surface area contributed by atoms with Gasteiger partial charge in [-0.2, -0.15) is 9.61 Å². The molecule has 0 saturated heterocycles. The van der Waals surface area contributed by atoms with Crippen LogP contribution in [0.1, 0.15) is 5.56 Å². The molecule has 1 N–H and O–H groups in total. The van der Waals surface area contributed by atoms with Crippen molar-refractivity contribution >= 4 is 40.6 Å². The molecular formula is C20H16ClN5OS. The Morgan fingerprint density at radius 3 is 2.54 bits per heavy atom. The van der Waals surface area contributed by atoms with Crippen LogP contribution in [0.3, 0.4) is 0 Å². The van der Waals surface area contributed by atoms with Crippen molar-refractivity contribution < 1.29 is 4.79 Å². The van der Waals surface area contributed by atoms with E-state index in [4.69, 9.17) is 11.6 Å². The summed E-state index contributed by atoms with van der Waals surface area (Å²) in [4.78, 5) is 12.2. The quantitative estimate of drug-likeness (QED) is 0.492. The van der Waals surface area contributed by atoms with Gasteiger partial charge in [-0.05, 0) is 43.3 Å². The fourth-order valence-corrected chi connectivity index (χ4v) is 3.41. The summed E-state index contributed by atoms with van der Waals surface area (Å²) >= 11 is 7.24. The van der Waals surface area contributed by atoms with E-state index >= 15 is 0 Å². The second kappa shape index (κ2) is 8.00. The van der Waals surface area contributed by atoms with Gasteiger partial charge < -0.3 is 5.32 Å². The SMILES string of the molecule is Cc1ccc(NC(=O)CSc2nnc3ccc(-c4ccc(Cl)cc4)nn23)cc1. The van der Waals surface area contributed by atoms with Crippen LogP contribution in [0, 0.1) is 6.92 Å². The Morgan fingerprint density at radius 1 is 1.04 bits per heavy atom. The molecule has 6 nitrogen and oxygen atoms in total. The molecule has 0 bridgehead atoms. The van der Waals surface area contributed by atoms with Crippen molar-refractivity contribution in [3.05, 3.63) is 71.2 Å². The molecule has 0 unspecified atom stereocenters. The number of anilines is 1. The number of carbonyl (C=O) groups is 1. The summed E-state index contributed by atoms with van der Waals surface area (Å²) in [7, 11) is 0. The summed E-state index contributed by atoms with van der Waals surface area (Å²) < 4.78 is 1.65. The van der Waals surface area contributed by atoms with Gasteiger partial charge in [0.1, 0.15) is 0 Å². The maximum Gasteiger partial charge on any atom is 0.234 e. The number of thioether (sulfide) groups is 1. The van der Waals surface area contributed by atoms with Crippen LogP contribution in [-0.4, -0.2) is 31.5 Å². The number of benzene rings is 2. The Hall–Kier alpha value is -2.90. The van der Waals surface area contributed by atoms with Crippen molar-refractivity contribution in [2.24, 2.45) is 0 Å². The lowest BCUT2D eigenvalue weighted by Gasteiger charge is -2.05. The van der Waals surface area contributed by atoms with E-state index in [1.165, 1.54) is 11.8 Å². The number of aromatic nitrogens is 4. The number of rotatable bonds is 5. The van der Waals surface area contributed by atoms with Crippen LogP contribution in [0.2, 0.25) is 5.02 Å². The molecule has 4 rings (SSSR count). The number of nitrogens with zero attached hydrogens (tertiary/aromatic N) is 4. The van der Waals surface area contributed by atoms with Gasteiger partial charge in [0.25, 0.3) is 0 Å². The van der Waals surface area contributed by atoms with Crippen LogP contribution >= 0.6 is 23.4 Å². The molecule has 140 valence electrons. The second-order valence-corrected chi connectivity index (χ2v) is 7.56. The molecule has 2 heterocycles. The van der Waals surface area contributed by atoms with Crippen LogP contribution in [0.5, 0.6) is 0 Å². The van der Waals surface area contributed by atoms with Crippen molar-refractivity contribution in [1.29, 1.82) is 0 Å². The Labute approximate surface area is 170 Å². The molecule has 28 heavy (non-hydrogen) atoms. The highest BCUT2D eigenvalue weighted by Crippen LogP contribution is 2.22. The van der Waals surface area contributed by atoms with Gasteiger partial charge in [0, 0.05) is 16.3 Å². The maximum absolute atomic E-state index is 12.2. The zero-order valence-corrected chi connectivity index (χ0v) is 16.5. The molecule has 0 atom stereocenters. The number of carbonyl (C=O) groups excluding carboxylic acids is 1. The highest BCUT2D eigenvalue weighted by atomic mass is 35.5. The molecule has 8 heteroatoms. The van der Waals surface area contributed by atoms with Gasteiger partial charge in [0.15, 0.2) is 5.65 Å². The van der Waals surface area contributed by atoms with Crippen LogP contribution in [0.15, 0.2) is 65.8 Å². The van der Waals surface area contributed by atoms with E-state index < -0.39 is 0 Å². The Morgan fingerprint density at radius 2 is 1.79 bits per heavy atom. The summed E-state index contributed by atoms with van der Waals surface area (Å²) in [6.45, 7) is 2.00. The number of hydrogen-bond donors (Lipinski definition) is 1. The molecule has 0 spiro atoms. The van der Waals surface area contributed by atoms with Crippen LogP contribution in [0.25, 0.3) is 16.9 Å². The van der Waals surface area contributed by atoms with Crippen molar-refractivity contribution in [2.75, 3.05) is 11.1 Å². The zero-order valence-electron chi connectivity index (χ0n) is 15.0. The average Bonchev–Trinajstić information content (AvgIpc) is 3.11. The molecule has 0 saturated carbocycles. The predicted molar refractivity (Wildman–Crippen MR) is 112 cm³/mol. The fourth-order valence-electron chi connectivity index (χ4n) is 2.60. The van der Waals surface area contributed by atoms with E-state index in [0.717, 1.165) is 22.5 Å². The number of hydrogen-bond acceptors (Lipinski definition) is 5. The first kappa shape index (κ1) is 18.5. The van der Waals surface area contributed by atoms with Crippen LogP contribution in [0.4, 0.5) is 5.69 Å². The number of fused-ring (bicyclic) bond motifs is 1. The molecule has 0 aliphatic carbocycles. The van der Waals surface area contributed by atoms with Gasteiger partial charge in [-0.25, -0.2) is 0 Å². The minimum absolute atomic E-state index is 0.112. The van der Waals surface area contributed by atoms with E-state index in [-0.39, 0.29) is 11.7 Å². The lowest BCUT2D eigenvalue weighted by molar-refractivity contribution is -0.113. The summed E-state index contributed by atoms with van der Waals surface area (Å²) in [6.07, 6.45) is 0. The Balaban J connectivity index is 1.49. The van der Waals surface area contributed by atoms with Crippen molar-refractivity contribution in [3.63, 3.8) is 0 Å². The molecule has 2 aromatic heterocycles. The number of aryl methyl sites for hydroxylation is 1. The zero-order chi connectivity index (χ0) is 19.5. The number of halogens is 1. The first-order valence-corrected chi connectivity index (χ1v) is 9.92. The van der Waals surface area contributed by atoms with E-state index in [1.807, 2.05) is 67.6 Å². The van der Waals surface area contributed by atoms with Gasteiger partial charge in [-0.15, -0.1) is 10.2 Å². The molecule has 4 aromatic rings. The third kappa shape index (κ3) is 4.16. The maximum atomic E-state index is 12.2. The van der Waals surface area contributed by atoms with Crippen molar-refractivity contribution in [2.45, 2.75) is 12.1 Å². The van der Waals surface area contributed by atoms with Gasteiger partial charge in [0.05, 0.1) is 11.4 Å². The molecule has 0 radical (unpaired) electrons. The first-order valence-electron chi connectivity index (χ1n) is 8.56. The molecule has 0 aliphatic rings. The monoisotopic (exact) mass is 409 g/mol. The summed E-state index contributed by atoms with van der Waals surface area (Å²) in [5.41, 5.74) is 4.25. The average molecular weight is 410 g/mol. The Kier molecular flexibility index (Phi) is 5.27. The minimum Gasteiger partial charge on any atom is -0.325 e. The van der Waals surface area contributed by atoms with E-state index in [2.05, 4.69) is 20.6 Å². The summed E-state index contributed by atoms with van der Waals surface area (Å²) in [6, 6.07) is 18.8. The summed E-state index contributed by atoms with van der Waals surface area (Å²) in [5.74, 6) is 0.0982. The lowest BCUT2D eigenvalue weighted by Crippen LogP contribution is -2.14. The van der Waals surface area contributed by atoms with Crippen LogP contribution in [-0.2, 0) is 4.79 Å². The highest BCUT2D eigenvalue weighted by molar-refractivity contribution is 7.99.